The zero-order chi connectivity index (χ0) is 23.6. The highest BCUT2D eigenvalue weighted by atomic mass is 16.6. The number of carbonyl (C=O) groups is 5. The quantitative estimate of drug-likeness (QED) is 0.283. The Kier molecular flexibility index (Phi) is 5.40. The smallest absolute Gasteiger partial charge is 0.317 e. The second kappa shape index (κ2) is 7.59. The first-order valence-corrected chi connectivity index (χ1v) is 10.8. The number of ether oxygens (including phenoxy) is 3. The van der Waals surface area contributed by atoms with Crippen LogP contribution in [0, 0.1) is 28.6 Å². The maximum Gasteiger partial charge on any atom is 0.317 e. The summed E-state index contributed by atoms with van der Waals surface area (Å²) in [5, 5.41) is 10.7. The number of Topliss-reactive ketones (excluding diaryl/α,β-unsaturated/α-hetero) is 2. The predicted octanol–water partition coefficient (Wildman–Crippen LogP) is 0.557. The lowest BCUT2D eigenvalue weighted by molar-refractivity contribution is -0.193. The minimum Gasteiger partial charge on any atom is -0.458 e. The molecule has 2 unspecified atom stereocenters. The molecular weight excluding hydrogens is 420 g/mol. The Hall–Kier alpha value is -2.39. The first-order valence-electron chi connectivity index (χ1n) is 10.8. The van der Waals surface area contributed by atoms with Crippen LogP contribution in [0.25, 0.3) is 0 Å². The van der Waals surface area contributed by atoms with Crippen LogP contribution in [-0.2, 0) is 38.2 Å². The molecule has 0 aromatic carbocycles. The van der Waals surface area contributed by atoms with Gasteiger partial charge in [0.1, 0.15) is 24.4 Å². The Morgan fingerprint density at radius 1 is 1.25 bits per heavy atom. The van der Waals surface area contributed by atoms with Crippen LogP contribution in [0.5, 0.6) is 0 Å². The minimum absolute atomic E-state index is 0.0695. The number of rotatable bonds is 4. The van der Waals surface area contributed by atoms with Crippen LogP contribution in [0.3, 0.4) is 0 Å². The van der Waals surface area contributed by atoms with Crippen molar-refractivity contribution in [1.82, 2.24) is 0 Å². The summed E-state index contributed by atoms with van der Waals surface area (Å²) in [6.07, 6.45) is -1.07. The molecule has 0 bridgehead atoms. The van der Waals surface area contributed by atoms with E-state index in [0.29, 0.717) is 24.7 Å². The fourth-order valence-electron chi connectivity index (χ4n) is 6.64. The number of allylic oxidation sites excluding steroid dienone is 1. The van der Waals surface area contributed by atoms with Crippen LogP contribution in [0.15, 0.2) is 11.1 Å². The van der Waals surface area contributed by atoms with Crippen LogP contribution >= 0.6 is 0 Å². The van der Waals surface area contributed by atoms with E-state index in [1.54, 1.807) is 6.92 Å². The van der Waals surface area contributed by atoms with Gasteiger partial charge in [0.2, 0.25) is 11.6 Å². The summed E-state index contributed by atoms with van der Waals surface area (Å²) in [7, 11) is 1.41. The van der Waals surface area contributed by atoms with Gasteiger partial charge >= 0.3 is 11.9 Å². The molecule has 0 aromatic rings. The van der Waals surface area contributed by atoms with Crippen molar-refractivity contribution in [2.75, 3.05) is 13.7 Å². The molecule has 1 N–H and O–H groups in total. The number of esters is 2. The molecule has 32 heavy (non-hydrogen) atoms. The highest BCUT2D eigenvalue weighted by Gasteiger charge is 2.68. The molecule has 0 spiro atoms. The van der Waals surface area contributed by atoms with Crippen molar-refractivity contribution in [2.45, 2.75) is 58.3 Å². The third-order valence-electron chi connectivity index (χ3n) is 8.18. The van der Waals surface area contributed by atoms with E-state index in [-0.39, 0.29) is 18.6 Å². The molecule has 174 valence electrons. The first kappa shape index (κ1) is 22.8. The summed E-state index contributed by atoms with van der Waals surface area (Å²) in [5.41, 5.74) is -1.40. The van der Waals surface area contributed by atoms with Crippen molar-refractivity contribution < 1.29 is 43.3 Å². The lowest BCUT2D eigenvalue weighted by Crippen LogP contribution is -2.65. The normalized spacial score (nSPS) is 43.2. The number of cyclic esters (lactones) is 1. The first-order chi connectivity index (χ1) is 15.0. The summed E-state index contributed by atoms with van der Waals surface area (Å²) in [4.78, 5) is 63.3. The largest absolute Gasteiger partial charge is 0.458 e. The number of carbonyl (C=O) groups excluding carboxylic acids is 5. The SMILES string of the molecule is COC[C@H]1OC(=O)C(C=O)C2C(=O)C(=O)C3=C([C@H](OC(C)=O)C[C@]4(C)[C@@H](O)CC[C@@H]34)[C@]21C. The Morgan fingerprint density at radius 3 is 2.53 bits per heavy atom. The Labute approximate surface area is 185 Å². The topological polar surface area (TPSA) is 133 Å². The fourth-order valence-corrected chi connectivity index (χ4v) is 6.64. The summed E-state index contributed by atoms with van der Waals surface area (Å²) >= 11 is 0. The molecule has 1 saturated carbocycles. The van der Waals surface area contributed by atoms with Crippen molar-refractivity contribution in [3.63, 3.8) is 0 Å². The highest BCUT2D eigenvalue weighted by Crippen LogP contribution is 2.62. The second-order valence-electron chi connectivity index (χ2n) is 9.78. The van der Waals surface area contributed by atoms with E-state index in [9.17, 15) is 29.1 Å². The Bertz CT molecular complexity index is 936. The summed E-state index contributed by atoms with van der Waals surface area (Å²) < 4.78 is 16.5. The Morgan fingerprint density at radius 2 is 1.94 bits per heavy atom. The van der Waals surface area contributed by atoms with E-state index < -0.39 is 70.4 Å². The van der Waals surface area contributed by atoms with Gasteiger partial charge in [-0.05, 0) is 30.8 Å². The molecular formula is C23H28O9. The number of hydrogen-bond acceptors (Lipinski definition) is 9. The molecule has 8 atom stereocenters. The molecule has 0 aromatic heterocycles. The number of aliphatic hydroxyl groups excluding tert-OH is 1. The van der Waals surface area contributed by atoms with Gasteiger partial charge in [-0.3, -0.25) is 19.2 Å². The maximum atomic E-state index is 13.5. The molecule has 9 nitrogen and oxygen atoms in total. The molecule has 2 fully saturated rings. The van der Waals surface area contributed by atoms with Gasteiger partial charge in [-0.25, -0.2) is 0 Å². The standard InChI is InChI=1S/C23H28O9/c1-10(25)31-13-7-22(2)12(5-6-14(22)26)16-18(13)23(3)15(9-30-4)32-21(29)11(8-24)17(23)20(28)19(16)27/h8,11-15,17,26H,5-7,9H2,1-4H3/t11?,12-,13+,14-,15+,17?,22-,23-/m0/s1. The van der Waals surface area contributed by atoms with Crippen LogP contribution in [0.4, 0.5) is 0 Å². The van der Waals surface area contributed by atoms with Crippen LogP contribution < -0.4 is 0 Å². The van der Waals surface area contributed by atoms with E-state index in [2.05, 4.69) is 0 Å². The van der Waals surface area contributed by atoms with Crippen molar-refractivity contribution in [3.05, 3.63) is 11.1 Å². The van der Waals surface area contributed by atoms with Crippen LogP contribution in [-0.4, -0.2) is 66.9 Å². The zero-order valence-corrected chi connectivity index (χ0v) is 18.6. The van der Waals surface area contributed by atoms with E-state index in [1.165, 1.54) is 14.0 Å². The highest BCUT2D eigenvalue weighted by molar-refractivity contribution is 6.46. The van der Waals surface area contributed by atoms with Gasteiger partial charge in [-0.2, -0.15) is 0 Å². The average Bonchev–Trinajstić information content (AvgIpc) is 3.01. The van der Waals surface area contributed by atoms with Gasteiger partial charge in [0, 0.05) is 30.4 Å². The van der Waals surface area contributed by atoms with E-state index >= 15 is 0 Å². The van der Waals surface area contributed by atoms with Crippen LogP contribution in [0.2, 0.25) is 0 Å². The number of ketones is 2. The second-order valence-corrected chi connectivity index (χ2v) is 9.78. The maximum absolute atomic E-state index is 13.5. The molecule has 4 rings (SSSR count). The van der Waals surface area contributed by atoms with Gasteiger partial charge < -0.3 is 24.1 Å². The monoisotopic (exact) mass is 448 g/mol. The number of aliphatic hydroxyl groups is 1. The fraction of sp³-hybridized carbons (Fsp3) is 0.696. The van der Waals surface area contributed by atoms with E-state index in [0.717, 1.165) is 0 Å². The van der Waals surface area contributed by atoms with E-state index in [1.807, 2.05) is 6.92 Å². The summed E-state index contributed by atoms with van der Waals surface area (Å²) in [6, 6.07) is 0. The third-order valence-corrected chi connectivity index (χ3v) is 8.18. The molecule has 9 heteroatoms. The van der Waals surface area contributed by atoms with Gasteiger partial charge in [-0.1, -0.05) is 13.8 Å². The molecule has 1 aliphatic heterocycles. The lowest BCUT2D eigenvalue weighted by atomic mass is 9.49. The van der Waals surface area contributed by atoms with Crippen molar-refractivity contribution in [2.24, 2.45) is 28.6 Å². The van der Waals surface area contributed by atoms with Gasteiger partial charge in [0.25, 0.3) is 0 Å². The van der Waals surface area contributed by atoms with Gasteiger partial charge in [-0.15, -0.1) is 0 Å². The minimum atomic E-state index is -1.45. The van der Waals surface area contributed by atoms with Crippen molar-refractivity contribution in [3.8, 4) is 0 Å². The van der Waals surface area contributed by atoms with Gasteiger partial charge in [0.05, 0.1) is 18.6 Å². The molecule has 4 aliphatic rings. The van der Waals surface area contributed by atoms with Crippen molar-refractivity contribution in [1.29, 1.82) is 0 Å². The number of methoxy groups -OCH3 is 1. The number of hydrogen-bond donors (Lipinski definition) is 1. The van der Waals surface area contributed by atoms with Crippen molar-refractivity contribution >= 4 is 29.8 Å². The molecule has 0 amide bonds. The molecule has 1 saturated heterocycles. The molecule has 3 aliphatic carbocycles. The lowest BCUT2D eigenvalue weighted by Gasteiger charge is -2.56. The van der Waals surface area contributed by atoms with Crippen LogP contribution in [0.1, 0.15) is 40.0 Å². The predicted molar refractivity (Wildman–Crippen MR) is 107 cm³/mol. The number of fused-ring (bicyclic) bond motifs is 4. The van der Waals surface area contributed by atoms with E-state index in [4.69, 9.17) is 14.2 Å². The molecule has 1 heterocycles. The van der Waals surface area contributed by atoms with Gasteiger partial charge in [0.15, 0.2) is 0 Å². The number of aldehydes is 1. The Balaban J connectivity index is 2.01. The average molecular weight is 448 g/mol. The molecule has 0 radical (unpaired) electrons. The third kappa shape index (κ3) is 2.86. The summed E-state index contributed by atoms with van der Waals surface area (Å²) in [5.74, 6) is -6.19. The zero-order valence-electron chi connectivity index (χ0n) is 18.6. The summed E-state index contributed by atoms with van der Waals surface area (Å²) in [6.45, 7) is 4.69.